The molecule has 128 valence electrons. The van der Waals surface area contributed by atoms with Crippen molar-refractivity contribution in [3.8, 4) is 0 Å². The van der Waals surface area contributed by atoms with Crippen LogP contribution in [0.1, 0.15) is 49.4 Å². The Morgan fingerprint density at radius 1 is 1.04 bits per heavy atom. The number of nitrogens with one attached hydrogen (secondary N) is 1. The molecule has 0 heterocycles. The van der Waals surface area contributed by atoms with Crippen molar-refractivity contribution in [1.82, 2.24) is 4.90 Å². The highest BCUT2D eigenvalue weighted by Crippen LogP contribution is 2.30. The molecule has 0 aliphatic heterocycles. The van der Waals surface area contributed by atoms with Crippen molar-refractivity contribution in [3.05, 3.63) is 64.2 Å². The molecule has 0 aliphatic rings. The second-order valence-corrected chi connectivity index (χ2v) is 6.84. The van der Waals surface area contributed by atoms with Crippen molar-refractivity contribution < 1.29 is 4.79 Å². The van der Waals surface area contributed by atoms with Gasteiger partial charge in [0, 0.05) is 17.8 Å². The minimum atomic E-state index is -0.140. The van der Waals surface area contributed by atoms with Gasteiger partial charge in [-0.05, 0) is 42.5 Å². The summed E-state index contributed by atoms with van der Waals surface area (Å²) in [6, 6.07) is 13.5. The number of amides is 2. The molecule has 1 atom stereocenters. The number of carbonyl (C=O) groups excluding carboxylic acids is 1. The van der Waals surface area contributed by atoms with Crippen LogP contribution < -0.4 is 5.32 Å². The normalized spacial score (nSPS) is 12.1. The molecule has 0 radical (unpaired) electrons. The molecule has 0 saturated heterocycles. The lowest BCUT2D eigenvalue weighted by Crippen LogP contribution is -2.34. The first-order valence-corrected chi connectivity index (χ1v) is 8.58. The molecular formula is C20H25ClN2O. The van der Waals surface area contributed by atoms with Crippen molar-refractivity contribution in [2.24, 2.45) is 0 Å². The van der Waals surface area contributed by atoms with Gasteiger partial charge in [-0.25, -0.2) is 4.79 Å². The molecule has 0 aliphatic carbocycles. The number of benzene rings is 2. The Labute approximate surface area is 149 Å². The molecule has 0 aromatic heterocycles. The van der Waals surface area contributed by atoms with Gasteiger partial charge in [-0.15, -0.1) is 0 Å². The van der Waals surface area contributed by atoms with E-state index in [0.29, 0.717) is 10.9 Å². The van der Waals surface area contributed by atoms with Crippen LogP contribution in [0.2, 0.25) is 5.02 Å². The number of hydrogen-bond acceptors (Lipinski definition) is 1. The van der Waals surface area contributed by atoms with Gasteiger partial charge in [0.25, 0.3) is 0 Å². The molecule has 0 spiro atoms. The smallest absolute Gasteiger partial charge is 0.321 e. The Kier molecular flexibility index (Phi) is 5.89. The number of hydrogen-bond donors (Lipinski definition) is 1. The zero-order valence-electron chi connectivity index (χ0n) is 14.9. The first kappa shape index (κ1) is 18.3. The summed E-state index contributed by atoms with van der Waals surface area (Å²) in [6.07, 6.45) is 0. The van der Waals surface area contributed by atoms with E-state index in [-0.39, 0.29) is 12.1 Å². The number of aryl methyl sites for hydroxylation is 1. The van der Waals surface area contributed by atoms with E-state index < -0.39 is 0 Å². The van der Waals surface area contributed by atoms with Crippen LogP contribution in [0.15, 0.2) is 42.5 Å². The van der Waals surface area contributed by atoms with Crippen LogP contribution in [-0.4, -0.2) is 18.0 Å². The summed E-state index contributed by atoms with van der Waals surface area (Å²) < 4.78 is 0. The fourth-order valence-corrected chi connectivity index (χ4v) is 3.03. The van der Waals surface area contributed by atoms with Gasteiger partial charge in [-0.3, -0.25) is 0 Å². The van der Waals surface area contributed by atoms with Crippen molar-refractivity contribution in [2.75, 3.05) is 12.4 Å². The zero-order chi connectivity index (χ0) is 17.9. The SMILES string of the molecule is Cc1cccc(C(C)C)c1NC(=O)N(C)C(C)c1ccccc1Cl. The van der Waals surface area contributed by atoms with E-state index in [9.17, 15) is 4.79 Å². The highest BCUT2D eigenvalue weighted by Gasteiger charge is 2.21. The molecule has 4 heteroatoms. The summed E-state index contributed by atoms with van der Waals surface area (Å²) in [5, 5.41) is 3.74. The van der Waals surface area contributed by atoms with Crippen molar-refractivity contribution in [2.45, 2.75) is 39.7 Å². The highest BCUT2D eigenvalue weighted by atomic mass is 35.5. The van der Waals surface area contributed by atoms with Gasteiger partial charge in [-0.2, -0.15) is 0 Å². The van der Waals surface area contributed by atoms with Crippen LogP contribution in [0, 0.1) is 6.92 Å². The maximum atomic E-state index is 12.7. The molecule has 1 N–H and O–H groups in total. The van der Waals surface area contributed by atoms with Gasteiger partial charge in [0.2, 0.25) is 0 Å². The van der Waals surface area contributed by atoms with Gasteiger partial charge >= 0.3 is 6.03 Å². The molecule has 0 bridgehead atoms. The van der Waals surface area contributed by atoms with Crippen molar-refractivity contribution in [3.63, 3.8) is 0 Å². The van der Waals surface area contributed by atoms with E-state index in [1.54, 1.807) is 11.9 Å². The maximum absolute atomic E-state index is 12.7. The Morgan fingerprint density at radius 2 is 1.67 bits per heavy atom. The summed E-state index contributed by atoms with van der Waals surface area (Å²) in [5.74, 6) is 0.339. The van der Waals surface area contributed by atoms with Gasteiger partial charge in [-0.1, -0.05) is 61.8 Å². The second kappa shape index (κ2) is 7.71. The largest absolute Gasteiger partial charge is 0.322 e. The lowest BCUT2D eigenvalue weighted by molar-refractivity contribution is 0.208. The summed E-state index contributed by atoms with van der Waals surface area (Å²) >= 11 is 6.26. The number of carbonyl (C=O) groups is 1. The number of anilines is 1. The zero-order valence-corrected chi connectivity index (χ0v) is 15.7. The Hall–Kier alpha value is -2.00. The number of urea groups is 1. The van der Waals surface area contributed by atoms with Gasteiger partial charge < -0.3 is 10.2 Å². The average Bonchev–Trinajstić information content (AvgIpc) is 2.55. The number of rotatable bonds is 4. The Morgan fingerprint density at radius 3 is 2.29 bits per heavy atom. The molecule has 2 aromatic rings. The first-order valence-electron chi connectivity index (χ1n) is 8.20. The van der Waals surface area contributed by atoms with Crippen molar-refractivity contribution in [1.29, 1.82) is 0 Å². The van der Waals surface area contributed by atoms with Crippen molar-refractivity contribution >= 4 is 23.3 Å². The summed E-state index contributed by atoms with van der Waals surface area (Å²) in [7, 11) is 1.79. The minimum Gasteiger partial charge on any atom is -0.321 e. The van der Waals surface area contributed by atoms with E-state index >= 15 is 0 Å². The van der Waals surface area contributed by atoms with E-state index in [2.05, 4.69) is 25.2 Å². The third-order valence-corrected chi connectivity index (χ3v) is 4.76. The second-order valence-electron chi connectivity index (χ2n) is 6.43. The van der Waals surface area contributed by atoms with Crippen LogP contribution in [0.25, 0.3) is 0 Å². The van der Waals surface area contributed by atoms with Crippen LogP contribution in [-0.2, 0) is 0 Å². The summed E-state index contributed by atoms with van der Waals surface area (Å²) in [5.41, 5.74) is 4.04. The topological polar surface area (TPSA) is 32.3 Å². The molecule has 2 aromatic carbocycles. The molecule has 1 unspecified atom stereocenters. The molecule has 2 amide bonds. The predicted octanol–water partition coefficient (Wildman–Crippen LogP) is 6.00. The molecule has 0 fully saturated rings. The number of nitrogens with zero attached hydrogens (tertiary/aromatic N) is 1. The Balaban J connectivity index is 2.23. The first-order chi connectivity index (χ1) is 11.3. The lowest BCUT2D eigenvalue weighted by atomic mass is 9.98. The molecular weight excluding hydrogens is 320 g/mol. The highest BCUT2D eigenvalue weighted by molar-refractivity contribution is 6.31. The Bertz CT molecular complexity index is 727. The fourth-order valence-electron chi connectivity index (χ4n) is 2.74. The predicted molar refractivity (Wildman–Crippen MR) is 102 cm³/mol. The molecule has 24 heavy (non-hydrogen) atoms. The van der Waals surface area contributed by atoms with E-state index in [4.69, 9.17) is 11.6 Å². The van der Waals surface area contributed by atoms with Gasteiger partial charge in [0.15, 0.2) is 0 Å². The average molecular weight is 345 g/mol. The lowest BCUT2D eigenvalue weighted by Gasteiger charge is -2.27. The van der Waals surface area contributed by atoms with E-state index in [0.717, 1.165) is 22.4 Å². The standard InChI is InChI=1S/C20H25ClN2O/c1-13(2)16-11-8-9-14(3)19(16)22-20(24)23(5)15(4)17-10-6-7-12-18(17)21/h6-13,15H,1-5H3,(H,22,24). The number of halogens is 1. The fraction of sp³-hybridized carbons (Fsp3) is 0.350. The van der Waals surface area contributed by atoms with Crippen LogP contribution in [0.4, 0.5) is 10.5 Å². The van der Waals surface area contributed by atoms with Gasteiger partial charge in [0.05, 0.1) is 6.04 Å². The monoisotopic (exact) mass is 344 g/mol. The third kappa shape index (κ3) is 3.90. The third-order valence-electron chi connectivity index (χ3n) is 4.42. The number of para-hydroxylation sites is 1. The van der Waals surface area contributed by atoms with Crippen LogP contribution in [0.3, 0.4) is 0 Å². The molecule has 3 nitrogen and oxygen atoms in total. The quantitative estimate of drug-likeness (QED) is 0.725. The van der Waals surface area contributed by atoms with Gasteiger partial charge in [0.1, 0.15) is 0 Å². The minimum absolute atomic E-state index is 0.120. The summed E-state index contributed by atoms with van der Waals surface area (Å²) in [6.45, 7) is 8.24. The molecule has 0 saturated carbocycles. The van der Waals surface area contributed by atoms with Crippen LogP contribution in [0.5, 0.6) is 0 Å². The maximum Gasteiger partial charge on any atom is 0.322 e. The molecule has 2 rings (SSSR count). The van der Waals surface area contributed by atoms with E-state index in [1.807, 2.05) is 50.2 Å². The van der Waals surface area contributed by atoms with Crippen LogP contribution >= 0.6 is 11.6 Å². The van der Waals surface area contributed by atoms with E-state index in [1.165, 1.54) is 0 Å². The summed E-state index contributed by atoms with van der Waals surface area (Å²) in [4.78, 5) is 14.4.